The molecular weight excluding hydrogens is 180 g/mol. The maximum Gasteiger partial charge on any atom is 0.0431 e. The fraction of sp³-hybridized carbons (Fsp3) is 1.00. The SMILES string of the molecule is CN(CCCCCO)CCCN=[N+]=[N-]. The van der Waals surface area contributed by atoms with Crippen molar-refractivity contribution in [1.29, 1.82) is 0 Å². The number of aliphatic hydroxyl groups is 1. The lowest BCUT2D eigenvalue weighted by atomic mass is 10.2. The second kappa shape index (κ2) is 10.3. The molecule has 1 N–H and O–H groups in total. The third-order valence-corrected chi connectivity index (χ3v) is 2.06. The van der Waals surface area contributed by atoms with Crippen LogP contribution in [0.25, 0.3) is 10.4 Å². The molecule has 5 heteroatoms. The summed E-state index contributed by atoms with van der Waals surface area (Å²) < 4.78 is 0. The molecule has 0 saturated heterocycles. The normalized spacial score (nSPS) is 10.2. The predicted molar refractivity (Wildman–Crippen MR) is 57.1 cm³/mol. The van der Waals surface area contributed by atoms with E-state index in [4.69, 9.17) is 10.6 Å². The van der Waals surface area contributed by atoms with Gasteiger partial charge in [-0.25, -0.2) is 0 Å². The van der Waals surface area contributed by atoms with E-state index in [1.54, 1.807) is 0 Å². The number of hydrogen-bond acceptors (Lipinski definition) is 3. The zero-order chi connectivity index (χ0) is 10.6. The van der Waals surface area contributed by atoms with E-state index in [9.17, 15) is 0 Å². The minimum atomic E-state index is 0.292. The standard InChI is InChI=1S/C9H20N4O/c1-13(7-3-2-4-9-14)8-5-6-11-12-10/h14H,2-9H2,1H3. The Labute approximate surface area is 85.3 Å². The molecule has 0 aromatic heterocycles. The topological polar surface area (TPSA) is 72.2 Å². The average Bonchev–Trinajstić information content (AvgIpc) is 2.19. The Morgan fingerprint density at radius 2 is 1.93 bits per heavy atom. The highest BCUT2D eigenvalue weighted by molar-refractivity contribution is 4.54. The van der Waals surface area contributed by atoms with Gasteiger partial charge >= 0.3 is 0 Å². The molecule has 0 unspecified atom stereocenters. The van der Waals surface area contributed by atoms with Crippen molar-refractivity contribution in [2.24, 2.45) is 5.11 Å². The molecule has 0 radical (unpaired) electrons. The number of aliphatic hydroxyl groups excluding tert-OH is 1. The number of rotatable bonds is 9. The molecule has 0 aromatic carbocycles. The lowest BCUT2D eigenvalue weighted by molar-refractivity contribution is 0.272. The lowest BCUT2D eigenvalue weighted by Crippen LogP contribution is -2.21. The Balaban J connectivity index is 3.18. The van der Waals surface area contributed by atoms with Crippen molar-refractivity contribution in [3.05, 3.63) is 10.4 Å². The molecule has 82 valence electrons. The summed E-state index contributed by atoms with van der Waals surface area (Å²) in [6, 6.07) is 0. The van der Waals surface area contributed by atoms with E-state index in [2.05, 4.69) is 22.0 Å². The molecule has 0 bridgehead atoms. The predicted octanol–water partition coefficient (Wildman–Crippen LogP) is 1.78. The number of azide groups is 1. The van der Waals surface area contributed by atoms with Crippen molar-refractivity contribution in [3.8, 4) is 0 Å². The van der Waals surface area contributed by atoms with Crippen molar-refractivity contribution >= 4 is 0 Å². The zero-order valence-electron chi connectivity index (χ0n) is 8.89. The summed E-state index contributed by atoms with van der Waals surface area (Å²) in [5.74, 6) is 0. The first-order valence-electron chi connectivity index (χ1n) is 5.11. The van der Waals surface area contributed by atoms with Crippen LogP contribution in [0.4, 0.5) is 0 Å². The van der Waals surface area contributed by atoms with Crippen LogP contribution in [0.1, 0.15) is 25.7 Å². The van der Waals surface area contributed by atoms with Gasteiger partial charge in [-0.15, -0.1) is 0 Å². The molecule has 0 aliphatic rings. The molecule has 0 saturated carbocycles. The number of unbranched alkanes of at least 4 members (excludes halogenated alkanes) is 2. The summed E-state index contributed by atoms with van der Waals surface area (Å²) >= 11 is 0. The summed E-state index contributed by atoms with van der Waals surface area (Å²) in [6.07, 6.45) is 4.02. The third kappa shape index (κ3) is 9.32. The molecule has 0 atom stereocenters. The van der Waals surface area contributed by atoms with Crippen LogP contribution in [0.5, 0.6) is 0 Å². The number of nitrogens with zero attached hydrogens (tertiary/aromatic N) is 4. The van der Waals surface area contributed by atoms with Gasteiger partial charge in [-0.1, -0.05) is 5.11 Å². The van der Waals surface area contributed by atoms with Gasteiger partial charge in [-0.05, 0) is 51.4 Å². The molecule has 14 heavy (non-hydrogen) atoms. The molecule has 0 aliphatic carbocycles. The molecular formula is C9H20N4O. The van der Waals surface area contributed by atoms with E-state index >= 15 is 0 Å². The Bertz CT molecular complexity index is 168. The van der Waals surface area contributed by atoms with E-state index in [-0.39, 0.29) is 0 Å². The third-order valence-electron chi connectivity index (χ3n) is 2.06. The Morgan fingerprint density at radius 1 is 1.21 bits per heavy atom. The first-order chi connectivity index (χ1) is 6.81. The summed E-state index contributed by atoms with van der Waals surface area (Å²) in [5, 5.41) is 12.0. The maximum absolute atomic E-state index is 8.57. The Morgan fingerprint density at radius 3 is 2.57 bits per heavy atom. The van der Waals surface area contributed by atoms with Crippen LogP contribution in [-0.4, -0.2) is 43.3 Å². The second-order valence-corrected chi connectivity index (χ2v) is 3.40. The first kappa shape index (κ1) is 13.2. The van der Waals surface area contributed by atoms with Crippen LogP contribution in [0.3, 0.4) is 0 Å². The average molecular weight is 200 g/mol. The van der Waals surface area contributed by atoms with E-state index < -0.39 is 0 Å². The van der Waals surface area contributed by atoms with E-state index in [1.165, 1.54) is 0 Å². The van der Waals surface area contributed by atoms with Gasteiger partial charge in [0.1, 0.15) is 0 Å². The van der Waals surface area contributed by atoms with E-state index in [1.807, 2.05) is 0 Å². The highest BCUT2D eigenvalue weighted by atomic mass is 16.2. The summed E-state index contributed by atoms with van der Waals surface area (Å²) in [7, 11) is 2.06. The quantitative estimate of drug-likeness (QED) is 0.267. The molecule has 0 spiro atoms. The monoisotopic (exact) mass is 200 g/mol. The van der Waals surface area contributed by atoms with Gasteiger partial charge in [0.25, 0.3) is 0 Å². The first-order valence-corrected chi connectivity index (χ1v) is 5.11. The largest absolute Gasteiger partial charge is 0.396 e. The van der Waals surface area contributed by atoms with Crippen molar-refractivity contribution < 1.29 is 5.11 Å². The van der Waals surface area contributed by atoms with Crippen molar-refractivity contribution in [3.63, 3.8) is 0 Å². The summed E-state index contributed by atoms with van der Waals surface area (Å²) in [5.41, 5.74) is 8.05. The number of hydrogen-bond donors (Lipinski definition) is 1. The van der Waals surface area contributed by atoms with Gasteiger partial charge in [0.15, 0.2) is 0 Å². The second-order valence-electron chi connectivity index (χ2n) is 3.40. The van der Waals surface area contributed by atoms with Crippen molar-refractivity contribution in [2.45, 2.75) is 25.7 Å². The molecule has 5 nitrogen and oxygen atoms in total. The summed E-state index contributed by atoms with van der Waals surface area (Å²) in [6.45, 7) is 2.90. The molecule has 0 rings (SSSR count). The van der Waals surface area contributed by atoms with Gasteiger partial charge in [-0.2, -0.15) is 0 Å². The van der Waals surface area contributed by atoms with Crippen LogP contribution in [0.2, 0.25) is 0 Å². The summed E-state index contributed by atoms with van der Waals surface area (Å²) in [4.78, 5) is 4.92. The van der Waals surface area contributed by atoms with Gasteiger partial charge in [0.05, 0.1) is 0 Å². The molecule has 0 heterocycles. The molecule has 0 aliphatic heterocycles. The van der Waals surface area contributed by atoms with Crippen LogP contribution >= 0.6 is 0 Å². The fourth-order valence-electron chi connectivity index (χ4n) is 1.24. The van der Waals surface area contributed by atoms with E-state index in [0.717, 1.165) is 38.8 Å². The van der Waals surface area contributed by atoms with Crippen LogP contribution < -0.4 is 0 Å². The van der Waals surface area contributed by atoms with E-state index in [0.29, 0.717) is 13.2 Å². The van der Waals surface area contributed by atoms with Gasteiger partial charge in [0, 0.05) is 18.1 Å². The molecule has 0 fully saturated rings. The molecule has 0 amide bonds. The van der Waals surface area contributed by atoms with Gasteiger partial charge in [0.2, 0.25) is 0 Å². The zero-order valence-corrected chi connectivity index (χ0v) is 8.89. The highest BCUT2D eigenvalue weighted by Crippen LogP contribution is 1.97. The fourth-order valence-corrected chi connectivity index (χ4v) is 1.24. The van der Waals surface area contributed by atoms with Crippen LogP contribution in [0, 0.1) is 0 Å². The Hall–Kier alpha value is -0.770. The minimum Gasteiger partial charge on any atom is -0.396 e. The highest BCUT2D eigenvalue weighted by Gasteiger charge is 1.96. The minimum absolute atomic E-state index is 0.292. The van der Waals surface area contributed by atoms with Gasteiger partial charge < -0.3 is 10.0 Å². The lowest BCUT2D eigenvalue weighted by Gasteiger charge is -2.15. The smallest absolute Gasteiger partial charge is 0.0431 e. The molecule has 0 aromatic rings. The van der Waals surface area contributed by atoms with Gasteiger partial charge in [-0.3, -0.25) is 0 Å². The Kier molecular flexibility index (Phi) is 9.74. The van der Waals surface area contributed by atoms with Crippen molar-refractivity contribution in [1.82, 2.24) is 4.90 Å². The van der Waals surface area contributed by atoms with Crippen molar-refractivity contribution in [2.75, 3.05) is 33.3 Å². The van der Waals surface area contributed by atoms with Crippen LogP contribution in [0.15, 0.2) is 5.11 Å². The van der Waals surface area contributed by atoms with Crippen LogP contribution in [-0.2, 0) is 0 Å². The maximum atomic E-state index is 8.57.